The Labute approximate surface area is 140 Å². The van der Waals surface area contributed by atoms with Crippen LogP contribution < -0.4 is 5.32 Å². The Bertz CT molecular complexity index is 863. The van der Waals surface area contributed by atoms with Crippen molar-refractivity contribution in [2.24, 2.45) is 0 Å². The van der Waals surface area contributed by atoms with Gasteiger partial charge in [0.05, 0.1) is 42.4 Å². The number of amides is 1. The molecule has 130 valence electrons. The molecule has 0 aliphatic carbocycles. The van der Waals surface area contributed by atoms with Crippen LogP contribution in [0.15, 0.2) is 11.0 Å². The van der Waals surface area contributed by atoms with Crippen molar-refractivity contribution in [3.05, 3.63) is 28.8 Å². The van der Waals surface area contributed by atoms with Crippen LogP contribution in [0.25, 0.3) is 0 Å². The van der Waals surface area contributed by atoms with Crippen molar-refractivity contribution in [1.82, 2.24) is 29.6 Å². The third kappa shape index (κ3) is 2.94. The fourth-order valence-corrected chi connectivity index (χ4v) is 4.59. The monoisotopic (exact) mass is 352 g/mol. The number of nitrogens with zero attached hydrogens (tertiary/aromatic N) is 4. The van der Waals surface area contributed by atoms with E-state index >= 15 is 0 Å². The number of aromatic nitrogens is 4. The molecule has 0 spiro atoms. The highest BCUT2D eigenvalue weighted by atomic mass is 32.2. The number of aryl methyl sites for hydroxylation is 2. The van der Waals surface area contributed by atoms with Gasteiger partial charge in [-0.25, -0.2) is 8.42 Å². The summed E-state index contributed by atoms with van der Waals surface area (Å²) in [5.41, 5.74) is 2.54. The molecule has 2 aromatic heterocycles. The molecule has 10 heteroatoms. The Morgan fingerprint density at radius 2 is 2.12 bits per heavy atom. The lowest BCUT2D eigenvalue weighted by atomic mass is 10.3. The molecule has 0 saturated carbocycles. The fourth-order valence-electron chi connectivity index (χ4n) is 2.86. The predicted molar refractivity (Wildman–Crippen MR) is 85.4 cm³/mol. The van der Waals surface area contributed by atoms with E-state index in [1.54, 1.807) is 18.5 Å². The zero-order valence-electron chi connectivity index (χ0n) is 13.8. The maximum atomic E-state index is 12.9. The number of fused-ring (bicyclic) bond motifs is 1. The molecule has 3 heterocycles. The number of rotatable bonds is 4. The zero-order valence-corrected chi connectivity index (χ0v) is 14.6. The van der Waals surface area contributed by atoms with Gasteiger partial charge in [-0.15, -0.1) is 0 Å². The normalized spacial score (nSPS) is 15.3. The molecule has 0 bridgehead atoms. The molecule has 2 aromatic rings. The van der Waals surface area contributed by atoms with Gasteiger partial charge in [0.15, 0.2) is 0 Å². The lowest BCUT2D eigenvalue weighted by Gasteiger charge is -2.26. The van der Waals surface area contributed by atoms with E-state index in [0.717, 1.165) is 11.4 Å². The van der Waals surface area contributed by atoms with Gasteiger partial charge in [0, 0.05) is 13.5 Å². The summed E-state index contributed by atoms with van der Waals surface area (Å²) in [6.45, 7) is 6.23. The van der Waals surface area contributed by atoms with Crippen LogP contribution in [0.4, 0.5) is 0 Å². The van der Waals surface area contributed by atoms with Crippen LogP contribution in [-0.4, -0.2) is 45.2 Å². The first-order valence-electron chi connectivity index (χ1n) is 7.61. The van der Waals surface area contributed by atoms with E-state index in [2.05, 4.69) is 20.6 Å². The summed E-state index contributed by atoms with van der Waals surface area (Å²) < 4.78 is 29.0. The quantitative estimate of drug-likeness (QED) is 0.808. The van der Waals surface area contributed by atoms with Crippen molar-refractivity contribution in [1.29, 1.82) is 0 Å². The van der Waals surface area contributed by atoms with Gasteiger partial charge in [-0.2, -0.15) is 14.5 Å². The van der Waals surface area contributed by atoms with Crippen molar-refractivity contribution in [3.63, 3.8) is 0 Å². The van der Waals surface area contributed by atoms with Gasteiger partial charge in [-0.05, 0) is 19.9 Å². The van der Waals surface area contributed by atoms with Crippen LogP contribution in [-0.2, 0) is 34.5 Å². The number of sulfonamides is 1. The molecule has 0 saturated heterocycles. The van der Waals surface area contributed by atoms with Crippen molar-refractivity contribution >= 4 is 15.9 Å². The third-order valence-corrected chi connectivity index (χ3v) is 6.10. The molecular weight excluding hydrogens is 332 g/mol. The molecule has 1 aliphatic heterocycles. The Morgan fingerprint density at radius 1 is 1.38 bits per heavy atom. The highest BCUT2D eigenvalue weighted by Crippen LogP contribution is 2.25. The maximum absolute atomic E-state index is 12.9. The summed E-state index contributed by atoms with van der Waals surface area (Å²) in [7, 11) is -3.61. The van der Waals surface area contributed by atoms with Gasteiger partial charge in [0.2, 0.25) is 15.9 Å². The van der Waals surface area contributed by atoms with E-state index in [4.69, 9.17) is 0 Å². The first-order chi connectivity index (χ1) is 11.3. The number of nitrogens with one attached hydrogen (secondary N) is 2. The molecule has 0 aromatic carbocycles. The van der Waals surface area contributed by atoms with Crippen LogP contribution in [0.3, 0.4) is 0 Å². The standard InChI is InChI=1S/C14H20N6O3S/c1-9-14(10(2)17-16-9)24(22,23)19-4-5-20-13(8-19)6-12(18-20)7-15-11(3)21/h6H,4-5,7-8H2,1-3H3,(H,15,21)(H,16,17). The Kier molecular flexibility index (Phi) is 4.18. The van der Waals surface area contributed by atoms with E-state index in [1.807, 2.05) is 6.07 Å². The van der Waals surface area contributed by atoms with Crippen LogP contribution >= 0.6 is 0 Å². The molecular formula is C14H20N6O3S. The highest BCUT2D eigenvalue weighted by molar-refractivity contribution is 7.89. The molecule has 1 amide bonds. The van der Waals surface area contributed by atoms with Crippen LogP contribution in [0, 0.1) is 13.8 Å². The predicted octanol–water partition coefficient (Wildman–Crippen LogP) is 0.0636. The largest absolute Gasteiger partial charge is 0.351 e. The fraction of sp³-hybridized carbons (Fsp3) is 0.500. The van der Waals surface area contributed by atoms with E-state index in [-0.39, 0.29) is 17.3 Å². The second kappa shape index (κ2) is 6.02. The second-order valence-corrected chi connectivity index (χ2v) is 7.74. The Morgan fingerprint density at radius 3 is 2.75 bits per heavy atom. The SMILES string of the molecule is CC(=O)NCc1cc2n(n1)CCN(S(=O)(=O)c1c(C)n[nH]c1C)C2. The van der Waals surface area contributed by atoms with Gasteiger partial charge in [0.25, 0.3) is 0 Å². The van der Waals surface area contributed by atoms with Crippen molar-refractivity contribution < 1.29 is 13.2 Å². The number of aromatic amines is 1. The number of H-pyrrole nitrogens is 1. The van der Waals surface area contributed by atoms with E-state index in [0.29, 0.717) is 31.0 Å². The molecule has 24 heavy (non-hydrogen) atoms. The zero-order chi connectivity index (χ0) is 17.5. The molecule has 2 N–H and O–H groups in total. The van der Waals surface area contributed by atoms with Gasteiger partial charge in [-0.1, -0.05) is 0 Å². The molecule has 0 atom stereocenters. The smallest absolute Gasteiger partial charge is 0.247 e. The number of carbonyl (C=O) groups excluding carboxylic acids is 1. The Balaban J connectivity index is 1.83. The summed E-state index contributed by atoms with van der Waals surface area (Å²) in [6.07, 6.45) is 0. The summed E-state index contributed by atoms with van der Waals surface area (Å²) in [5.74, 6) is -0.129. The molecule has 3 rings (SSSR count). The van der Waals surface area contributed by atoms with Crippen molar-refractivity contribution in [2.75, 3.05) is 6.54 Å². The van der Waals surface area contributed by atoms with Gasteiger partial charge >= 0.3 is 0 Å². The number of carbonyl (C=O) groups is 1. The lowest BCUT2D eigenvalue weighted by Crippen LogP contribution is -2.38. The van der Waals surface area contributed by atoms with E-state index in [1.165, 1.54) is 11.2 Å². The molecule has 1 aliphatic rings. The summed E-state index contributed by atoms with van der Waals surface area (Å²) >= 11 is 0. The van der Waals surface area contributed by atoms with E-state index < -0.39 is 10.0 Å². The van der Waals surface area contributed by atoms with Crippen LogP contribution in [0.5, 0.6) is 0 Å². The molecule has 9 nitrogen and oxygen atoms in total. The minimum absolute atomic E-state index is 0.129. The topological polar surface area (TPSA) is 113 Å². The average molecular weight is 352 g/mol. The Hall–Kier alpha value is -2.20. The minimum Gasteiger partial charge on any atom is -0.351 e. The summed E-state index contributed by atoms with van der Waals surface area (Å²) in [6, 6.07) is 1.83. The molecule has 0 fully saturated rings. The highest BCUT2D eigenvalue weighted by Gasteiger charge is 2.32. The van der Waals surface area contributed by atoms with Gasteiger partial charge in [0.1, 0.15) is 4.90 Å². The summed E-state index contributed by atoms with van der Waals surface area (Å²) in [4.78, 5) is 11.2. The van der Waals surface area contributed by atoms with Gasteiger partial charge < -0.3 is 5.32 Å². The average Bonchev–Trinajstić information content (AvgIpc) is 3.07. The molecule has 0 radical (unpaired) electrons. The third-order valence-electron chi connectivity index (χ3n) is 3.99. The summed E-state index contributed by atoms with van der Waals surface area (Å²) in [5, 5.41) is 13.8. The van der Waals surface area contributed by atoms with Gasteiger partial charge in [-0.3, -0.25) is 14.6 Å². The van der Waals surface area contributed by atoms with Crippen molar-refractivity contribution in [2.45, 2.75) is 45.3 Å². The van der Waals surface area contributed by atoms with Crippen LogP contribution in [0.2, 0.25) is 0 Å². The van der Waals surface area contributed by atoms with E-state index in [9.17, 15) is 13.2 Å². The molecule has 0 unspecified atom stereocenters. The number of hydrogen-bond donors (Lipinski definition) is 2. The minimum atomic E-state index is -3.61. The van der Waals surface area contributed by atoms with Crippen molar-refractivity contribution in [3.8, 4) is 0 Å². The maximum Gasteiger partial charge on any atom is 0.247 e. The second-order valence-electron chi connectivity index (χ2n) is 5.86. The lowest BCUT2D eigenvalue weighted by molar-refractivity contribution is -0.119. The number of hydrogen-bond acceptors (Lipinski definition) is 5. The van der Waals surface area contributed by atoms with Crippen LogP contribution in [0.1, 0.15) is 29.7 Å². The first-order valence-corrected chi connectivity index (χ1v) is 9.05. The first kappa shape index (κ1) is 16.7.